The Labute approximate surface area is 117 Å². The van der Waals surface area contributed by atoms with Crippen molar-refractivity contribution in [1.82, 2.24) is 10.3 Å². The maximum atomic E-state index is 13.6. The molecule has 3 rings (SSSR count). The van der Waals surface area contributed by atoms with Crippen LogP contribution in [0.15, 0.2) is 30.5 Å². The quantitative estimate of drug-likeness (QED) is 0.901. The zero-order valence-electron chi connectivity index (χ0n) is 11.3. The van der Waals surface area contributed by atoms with Gasteiger partial charge in [0.05, 0.1) is 11.6 Å². The Morgan fingerprint density at radius 1 is 1.35 bits per heavy atom. The van der Waals surface area contributed by atoms with Gasteiger partial charge in [-0.25, -0.2) is 4.39 Å². The van der Waals surface area contributed by atoms with Crippen LogP contribution >= 0.6 is 0 Å². The van der Waals surface area contributed by atoms with E-state index < -0.39 is 0 Å². The van der Waals surface area contributed by atoms with Crippen molar-refractivity contribution < 1.29 is 9.50 Å². The van der Waals surface area contributed by atoms with E-state index in [0.29, 0.717) is 12.5 Å². The topological polar surface area (TPSA) is 45.1 Å². The van der Waals surface area contributed by atoms with Gasteiger partial charge in [-0.2, -0.15) is 0 Å². The Morgan fingerprint density at radius 2 is 2.25 bits per heavy atom. The fraction of sp³-hybridized carbons (Fsp3) is 0.438. The van der Waals surface area contributed by atoms with E-state index in [2.05, 4.69) is 10.3 Å². The second kappa shape index (κ2) is 5.85. The van der Waals surface area contributed by atoms with Crippen LogP contribution in [0.1, 0.15) is 24.8 Å². The molecular formula is C16H19FN2O. The molecule has 1 aliphatic carbocycles. The average Bonchev–Trinajstić information content (AvgIpc) is 2.84. The van der Waals surface area contributed by atoms with Crippen LogP contribution in [-0.2, 0) is 6.54 Å². The molecule has 0 bridgehead atoms. The van der Waals surface area contributed by atoms with Crippen molar-refractivity contribution in [2.45, 2.75) is 31.9 Å². The van der Waals surface area contributed by atoms with Crippen molar-refractivity contribution in [3.63, 3.8) is 0 Å². The lowest BCUT2D eigenvalue weighted by Gasteiger charge is -2.15. The molecule has 2 atom stereocenters. The van der Waals surface area contributed by atoms with Gasteiger partial charge in [0.25, 0.3) is 0 Å². The number of aliphatic hydroxyl groups excluding tert-OH is 1. The maximum absolute atomic E-state index is 13.6. The summed E-state index contributed by atoms with van der Waals surface area (Å²) in [7, 11) is 0. The lowest BCUT2D eigenvalue weighted by molar-refractivity contribution is 0.131. The summed E-state index contributed by atoms with van der Waals surface area (Å²) in [6, 6.07) is 6.73. The van der Waals surface area contributed by atoms with Crippen LogP contribution < -0.4 is 5.32 Å². The molecule has 1 aromatic carbocycles. The first-order valence-electron chi connectivity index (χ1n) is 7.16. The monoisotopic (exact) mass is 274 g/mol. The third-order valence-electron chi connectivity index (χ3n) is 4.09. The van der Waals surface area contributed by atoms with Crippen molar-refractivity contribution >= 4 is 10.9 Å². The molecule has 2 unspecified atom stereocenters. The van der Waals surface area contributed by atoms with Crippen LogP contribution in [0.3, 0.4) is 0 Å². The first-order valence-corrected chi connectivity index (χ1v) is 7.16. The van der Waals surface area contributed by atoms with E-state index in [9.17, 15) is 9.50 Å². The molecule has 1 aliphatic rings. The molecule has 0 aliphatic heterocycles. The highest BCUT2D eigenvalue weighted by molar-refractivity contribution is 5.81. The number of pyridine rings is 1. The van der Waals surface area contributed by atoms with Crippen LogP contribution in [0.2, 0.25) is 0 Å². The molecule has 1 aromatic heterocycles. The molecule has 0 radical (unpaired) electrons. The fourth-order valence-corrected chi connectivity index (χ4v) is 3.01. The number of benzene rings is 1. The predicted molar refractivity (Wildman–Crippen MR) is 76.8 cm³/mol. The van der Waals surface area contributed by atoms with Crippen molar-refractivity contribution in [3.05, 3.63) is 41.8 Å². The van der Waals surface area contributed by atoms with E-state index >= 15 is 0 Å². The zero-order chi connectivity index (χ0) is 13.9. The van der Waals surface area contributed by atoms with Crippen LogP contribution in [0.4, 0.5) is 4.39 Å². The molecule has 0 spiro atoms. The molecule has 1 saturated carbocycles. The number of halogens is 1. The highest BCUT2D eigenvalue weighted by atomic mass is 19.1. The Balaban J connectivity index is 1.71. The average molecular weight is 274 g/mol. The van der Waals surface area contributed by atoms with E-state index in [0.717, 1.165) is 42.3 Å². The smallest absolute Gasteiger partial charge is 0.124 e. The van der Waals surface area contributed by atoms with Crippen molar-refractivity contribution in [2.75, 3.05) is 6.54 Å². The lowest BCUT2D eigenvalue weighted by Crippen LogP contribution is -2.27. The summed E-state index contributed by atoms with van der Waals surface area (Å²) >= 11 is 0. The second-order valence-corrected chi connectivity index (χ2v) is 5.53. The number of fused-ring (bicyclic) bond motifs is 1. The molecule has 20 heavy (non-hydrogen) atoms. The summed E-state index contributed by atoms with van der Waals surface area (Å²) in [6.45, 7) is 1.35. The van der Waals surface area contributed by atoms with Gasteiger partial charge in [-0.05, 0) is 42.5 Å². The number of rotatable bonds is 4. The molecule has 0 saturated heterocycles. The Hall–Kier alpha value is -1.52. The molecule has 2 N–H and O–H groups in total. The predicted octanol–water partition coefficient (Wildman–Crippen LogP) is 2.62. The van der Waals surface area contributed by atoms with E-state index in [1.165, 1.54) is 12.1 Å². The molecule has 106 valence electrons. The van der Waals surface area contributed by atoms with Gasteiger partial charge in [-0.3, -0.25) is 4.98 Å². The van der Waals surface area contributed by atoms with Gasteiger partial charge in [0.1, 0.15) is 5.82 Å². The van der Waals surface area contributed by atoms with Crippen molar-refractivity contribution in [3.8, 4) is 0 Å². The van der Waals surface area contributed by atoms with Gasteiger partial charge >= 0.3 is 0 Å². The van der Waals surface area contributed by atoms with Gasteiger partial charge in [0.2, 0.25) is 0 Å². The second-order valence-electron chi connectivity index (χ2n) is 5.53. The Bertz CT molecular complexity index is 602. The van der Waals surface area contributed by atoms with E-state index in [-0.39, 0.29) is 11.9 Å². The van der Waals surface area contributed by atoms with Gasteiger partial charge < -0.3 is 10.4 Å². The first-order chi connectivity index (χ1) is 9.74. The number of nitrogens with one attached hydrogen (secondary N) is 1. The molecule has 0 amide bonds. The maximum Gasteiger partial charge on any atom is 0.124 e. The SMILES string of the molecule is OC1CCCC1CNCc1cc(F)cc2cccnc12. The number of aliphatic hydroxyl groups is 1. The lowest BCUT2D eigenvalue weighted by atomic mass is 10.1. The molecule has 2 aromatic rings. The van der Waals surface area contributed by atoms with Crippen molar-refractivity contribution in [1.29, 1.82) is 0 Å². The number of nitrogens with zero attached hydrogens (tertiary/aromatic N) is 1. The molecule has 4 heteroatoms. The third kappa shape index (κ3) is 2.81. The third-order valence-corrected chi connectivity index (χ3v) is 4.09. The molecular weight excluding hydrogens is 255 g/mol. The number of aromatic nitrogens is 1. The van der Waals surface area contributed by atoms with Crippen LogP contribution in [0, 0.1) is 11.7 Å². The minimum Gasteiger partial charge on any atom is -0.393 e. The van der Waals surface area contributed by atoms with E-state index in [1.807, 2.05) is 12.1 Å². The van der Waals surface area contributed by atoms with E-state index in [4.69, 9.17) is 0 Å². The van der Waals surface area contributed by atoms with E-state index in [1.54, 1.807) is 6.20 Å². The summed E-state index contributed by atoms with van der Waals surface area (Å²) in [6.07, 6.45) is 4.60. The standard InChI is InChI=1S/C16H19FN2O/c17-14-7-11-4-2-6-19-16(11)13(8-14)10-18-9-12-3-1-5-15(12)20/h2,4,6-8,12,15,18,20H,1,3,5,9-10H2. The van der Waals surface area contributed by atoms with Gasteiger partial charge in [-0.15, -0.1) is 0 Å². The van der Waals surface area contributed by atoms with Crippen LogP contribution in [-0.4, -0.2) is 22.7 Å². The minimum absolute atomic E-state index is 0.190. The Morgan fingerprint density at radius 3 is 3.05 bits per heavy atom. The number of hydrogen-bond donors (Lipinski definition) is 2. The van der Waals surface area contributed by atoms with Crippen LogP contribution in [0.5, 0.6) is 0 Å². The summed E-state index contributed by atoms with van der Waals surface area (Å²) in [5, 5.41) is 13.9. The highest BCUT2D eigenvalue weighted by Gasteiger charge is 2.24. The van der Waals surface area contributed by atoms with Gasteiger partial charge in [0, 0.05) is 24.7 Å². The Kier molecular flexibility index (Phi) is 3.94. The fourth-order valence-electron chi connectivity index (χ4n) is 3.01. The van der Waals surface area contributed by atoms with Gasteiger partial charge in [0.15, 0.2) is 0 Å². The normalized spacial score (nSPS) is 22.5. The first kappa shape index (κ1) is 13.5. The number of hydrogen-bond acceptors (Lipinski definition) is 3. The molecule has 1 fully saturated rings. The summed E-state index contributed by atoms with van der Waals surface area (Å²) in [5.74, 6) is 0.0889. The van der Waals surface area contributed by atoms with Crippen LogP contribution in [0.25, 0.3) is 10.9 Å². The molecule has 1 heterocycles. The largest absolute Gasteiger partial charge is 0.393 e. The molecule has 3 nitrogen and oxygen atoms in total. The summed E-state index contributed by atoms with van der Waals surface area (Å²) < 4.78 is 13.6. The summed E-state index contributed by atoms with van der Waals surface area (Å²) in [4.78, 5) is 4.33. The van der Waals surface area contributed by atoms with Crippen molar-refractivity contribution in [2.24, 2.45) is 5.92 Å². The zero-order valence-corrected chi connectivity index (χ0v) is 11.3. The van der Waals surface area contributed by atoms with Gasteiger partial charge in [-0.1, -0.05) is 12.5 Å². The minimum atomic E-state index is -0.233. The highest BCUT2D eigenvalue weighted by Crippen LogP contribution is 2.25. The summed E-state index contributed by atoms with van der Waals surface area (Å²) in [5.41, 5.74) is 1.71.